The van der Waals surface area contributed by atoms with Gasteiger partial charge in [-0.05, 0) is 37.1 Å². The van der Waals surface area contributed by atoms with E-state index in [9.17, 15) is 4.79 Å². The Balaban J connectivity index is 2.06. The average molecular weight is 329 g/mol. The summed E-state index contributed by atoms with van der Waals surface area (Å²) in [5.41, 5.74) is 4.74. The Hall–Kier alpha value is -3.20. The van der Waals surface area contributed by atoms with Gasteiger partial charge in [0.1, 0.15) is 17.6 Å². The third-order valence-electron chi connectivity index (χ3n) is 4.00. The SMILES string of the molecule is Cc1cccc(C)c1/[N+](=C/c1ccccc1)C(=O)Nc1ccccc1. The van der Waals surface area contributed by atoms with Crippen molar-refractivity contribution in [1.29, 1.82) is 0 Å². The molecule has 2 amide bonds. The second-order valence-corrected chi connectivity index (χ2v) is 5.95. The van der Waals surface area contributed by atoms with Crippen molar-refractivity contribution in [3.63, 3.8) is 0 Å². The molecule has 3 nitrogen and oxygen atoms in total. The van der Waals surface area contributed by atoms with Gasteiger partial charge in [0.05, 0.1) is 0 Å². The number of para-hydroxylation sites is 2. The molecule has 3 aromatic rings. The molecule has 0 aliphatic heterocycles. The summed E-state index contributed by atoms with van der Waals surface area (Å²) in [5, 5.41) is 2.97. The van der Waals surface area contributed by atoms with E-state index in [0.29, 0.717) is 0 Å². The molecule has 0 aliphatic rings. The fraction of sp³-hybridized carbons (Fsp3) is 0.0909. The predicted octanol–water partition coefficient (Wildman–Crippen LogP) is 5.30. The maximum absolute atomic E-state index is 13.0. The first-order valence-corrected chi connectivity index (χ1v) is 8.26. The molecule has 3 aromatic carbocycles. The molecule has 0 bridgehead atoms. The van der Waals surface area contributed by atoms with Gasteiger partial charge in [-0.3, -0.25) is 0 Å². The average Bonchev–Trinajstić information content (AvgIpc) is 2.62. The second-order valence-electron chi connectivity index (χ2n) is 5.95. The Morgan fingerprint density at radius 2 is 1.36 bits per heavy atom. The third kappa shape index (κ3) is 4.01. The Bertz CT molecular complexity index is 880. The number of carbonyl (C=O) groups is 1. The molecule has 124 valence electrons. The quantitative estimate of drug-likeness (QED) is 0.513. The number of amides is 2. The molecule has 0 spiro atoms. The van der Waals surface area contributed by atoms with Gasteiger partial charge < -0.3 is 0 Å². The highest BCUT2D eigenvalue weighted by Gasteiger charge is 2.22. The van der Waals surface area contributed by atoms with Crippen LogP contribution in [0.4, 0.5) is 16.2 Å². The topological polar surface area (TPSA) is 32.1 Å². The Morgan fingerprint density at radius 3 is 1.96 bits per heavy atom. The Kier molecular flexibility index (Phi) is 5.05. The molecule has 0 aliphatic carbocycles. The van der Waals surface area contributed by atoms with Crippen LogP contribution in [0.2, 0.25) is 0 Å². The zero-order chi connectivity index (χ0) is 17.6. The molecule has 0 heterocycles. The number of aryl methyl sites for hydroxylation is 2. The fourth-order valence-corrected chi connectivity index (χ4v) is 2.80. The van der Waals surface area contributed by atoms with Crippen molar-refractivity contribution >= 4 is 23.6 Å². The number of carbonyl (C=O) groups excluding carboxylic acids is 1. The lowest BCUT2D eigenvalue weighted by Gasteiger charge is -2.10. The molecule has 0 radical (unpaired) electrons. The normalized spacial score (nSPS) is 11.2. The summed E-state index contributed by atoms with van der Waals surface area (Å²) in [6.07, 6.45) is 1.87. The summed E-state index contributed by atoms with van der Waals surface area (Å²) in [7, 11) is 0. The summed E-state index contributed by atoms with van der Waals surface area (Å²) >= 11 is 0. The lowest BCUT2D eigenvalue weighted by molar-refractivity contribution is -0.322. The maximum atomic E-state index is 13.0. The van der Waals surface area contributed by atoms with Gasteiger partial charge >= 0.3 is 6.03 Å². The molecule has 25 heavy (non-hydrogen) atoms. The third-order valence-corrected chi connectivity index (χ3v) is 4.00. The van der Waals surface area contributed by atoms with Crippen molar-refractivity contribution in [3.8, 4) is 0 Å². The van der Waals surface area contributed by atoms with E-state index in [1.165, 1.54) is 0 Å². The van der Waals surface area contributed by atoms with Crippen LogP contribution in [0.25, 0.3) is 0 Å². The minimum Gasteiger partial charge on any atom is -0.204 e. The monoisotopic (exact) mass is 329 g/mol. The number of nitrogens with one attached hydrogen (secondary N) is 1. The molecule has 0 fully saturated rings. The van der Waals surface area contributed by atoms with Crippen LogP contribution < -0.4 is 5.32 Å². The number of hydrogen-bond acceptors (Lipinski definition) is 1. The van der Waals surface area contributed by atoms with Crippen LogP contribution in [0.5, 0.6) is 0 Å². The number of urea groups is 1. The highest BCUT2D eigenvalue weighted by Crippen LogP contribution is 2.24. The van der Waals surface area contributed by atoms with Crippen molar-refractivity contribution < 1.29 is 9.37 Å². The number of hydrogen-bond donors (Lipinski definition) is 1. The van der Waals surface area contributed by atoms with E-state index in [1.807, 2.05) is 98.9 Å². The van der Waals surface area contributed by atoms with Crippen LogP contribution >= 0.6 is 0 Å². The zero-order valence-corrected chi connectivity index (χ0v) is 14.4. The molecule has 0 saturated heterocycles. The van der Waals surface area contributed by atoms with Crippen molar-refractivity contribution in [2.45, 2.75) is 13.8 Å². The zero-order valence-electron chi connectivity index (χ0n) is 14.4. The highest BCUT2D eigenvalue weighted by atomic mass is 16.2. The summed E-state index contributed by atoms with van der Waals surface area (Å²) in [6.45, 7) is 4.04. The summed E-state index contributed by atoms with van der Waals surface area (Å²) in [5.74, 6) is 0. The van der Waals surface area contributed by atoms with E-state index in [-0.39, 0.29) is 6.03 Å². The minimum atomic E-state index is -0.188. The van der Waals surface area contributed by atoms with Crippen molar-refractivity contribution in [2.75, 3.05) is 5.32 Å². The van der Waals surface area contributed by atoms with E-state index >= 15 is 0 Å². The van der Waals surface area contributed by atoms with E-state index in [0.717, 1.165) is 28.1 Å². The number of nitrogens with zero attached hydrogens (tertiary/aromatic N) is 1. The van der Waals surface area contributed by atoms with Gasteiger partial charge in [0.25, 0.3) is 0 Å². The minimum absolute atomic E-state index is 0.188. The lowest BCUT2D eigenvalue weighted by Crippen LogP contribution is -2.25. The van der Waals surface area contributed by atoms with E-state index < -0.39 is 0 Å². The van der Waals surface area contributed by atoms with Crippen LogP contribution in [0.3, 0.4) is 0 Å². The number of rotatable bonds is 3. The molecule has 3 rings (SSSR count). The highest BCUT2D eigenvalue weighted by molar-refractivity contribution is 5.90. The van der Waals surface area contributed by atoms with Gasteiger partial charge in [0.15, 0.2) is 0 Å². The van der Waals surface area contributed by atoms with Crippen molar-refractivity contribution in [3.05, 3.63) is 95.6 Å². The van der Waals surface area contributed by atoms with Gasteiger partial charge in [0, 0.05) is 5.56 Å². The molecular weight excluding hydrogens is 308 g/mol. The standard InChI is InChI=1S/C22H20N2O/c1-17-10-9-11-18(2)21(17)24(16-19-12-5-3-6-13-19)22(25)23-20-14-7-4-8-15-20/h3-16H,1-2H3/p+1/b24-16-. The fourth-order valence-electron chi connectivity index (χ4n) is 2.80. The van der Waals surface area contributed by atoms with E-state index in [4.69, 9.17) is 0 Å². The first kappa shape index (κ1) is 16.7. The van der Waals surface area contributed by atoms with Crippen molar-refractivity contribution in [1.82, 2.24) is 0 Å². The smallest absolute Gasteiger partial charge is 0.204 e. The molecule has 0 saturated carbocycles. The first-order valence-electron chi connectivity index (χ1n) is 8.26. The van der Waals surface area contributed by atoms with Crippen LogP contribution in [-0.2, 0) is 0 Å². The van der Waals surface area contributed by atoms with Crippen LogP contribution in [0.15, 0.2) is 78.9 Å². The van der Waals surface area contributed by atoms with E-state index in [1.54, 1.807) is 4.58 Å². The lowest BCUT2D eigenvalue weighted by atomic mass is 10.1. The van der Waals surface area contributed by atoms with E-state index in [2.05, 4.69) is 5.32 Å². The van der Waals surface area contributed by atoms with Gasteiger partial charge in [-0.1, -0.05) is 66.7 Å². The number of anilines is 1. The Morgan fingerprint density at radius 1 is 0.800 bits per heavy atom. The number of benzene rings is 3. The van der Waals surface area contributed by atoms with Gasteiger partial charge in [-0.25, -0.2) is 5.32 Å². The predicted molar refractivity (Wildman–Crippen MR) is 103 cm³/mol. The molecular formula is C22H21N2O+. The maximum Gasteiger partial charge on any atom is 0.501 e. The van der Waals surface area contributed by atoms with Crippen LogP contribution in [0, 0.1) is 13.8 Å². The largest absolute Gasteiger partial charge is 0.501 e. The molecule has 1 N–H and O–H groups in total. The molecule has 0 atom stereocenters. The second kappa shape index (κ2) is 7.58. The Labute approximate surface area is 148 Å². The van der Waals surface area contributed by atoms with Crippen LogP contribution in [0.1, 0.15) is 16.7 Å². The molecule has 3 heteroatoms. The summed E-state index contributed by atoms with van der Waals surface area (Å²) in [6, 6.07) is 25.2. The first-order chi connectivity index (χ1) is 12.1. The van der Waals surface area contributed by atoms with Gasteiger partial charge in [-0.15, -0.1) is 0 Å². The van der Waals surface area contributed by atoms with Crippen LogP contribution in [-0.4, -0.2) is 16.8 Å². The summed E-state index contributed by atoms with van der Waals surface area (Å²) < 4.78 is 1.69. The summed E-state index contributed by atoms with van der Waals surface area (Å²) in [4.78, 5) is 13.0. The molecule has 0 unspecified atom stereocenters. The van der Waals surface area contributed by atoms with Crippen molar-refractivity contribution in [2.24, 2.45) is 0 Å². The van der Waals surface area contributed by atoms with Gasteiger partial charge in [-0.2, -0.15) is 9.37 Å². The van der Waals surface area contributed by atoms with Gasteiger partial charge in [0.2, 0.25) is 0 Å². The molecule has 0 aromatic heterocycles.